The number of likely N-dealkylation sites (tertiary alicyclic amines) is 1. The van der Waals surface area contributed by atoms with E-state index in [-0.39, 0.29) is 11.8 Å². The predicted molar refractivity (Wildman–Crippen MR) is 129 cm³/mol. The largest absolute Gasteiger partial charge is 0.439 e. The minimum atomic E-state index is -0.0315. The molecule has 3 heterocycles. The van der Waals surface area contributed by atoms with Crippen LogP contribution >= 0.6 is 11.6 Å². The second-order valence-corrected chi connectivity index (χ2v) is 8.94. The molecule has 0 saturated carbocycles. The van der Waals surface area contributed by atoms with Gasteiger partial charge in [-0.25, -0.2) is 4.98 Å². The first-order chi connectivity index (χ1) is 16.6. The lowest BCUT2D eigenvalue weighted by Crippen LogP contribution is -2.64. The molecular formula is C26H25ClN4O3. The van der Waals surface area contributed by atoms with Crippen molar-refractivity contribution in [2.24, 2.45) is 0 Å². The van der Waals surface area contributed by atoms with Crippen LogP contribution in [0.3, 0.4) is 0 Å². The highest BCUT2D eigenvalue weighted by molar-refractivity contribution is 6.30. The summed E-state index contributed by atoms with van der Waals surface area (Å²) in [6.07, 6.45) is 1.55. The zero-order valence-corrected chi connectivity index (χ0v) is 19.4. The molecule has 2 aliphatic rings. The van der Waals surface area contributed by atoms with Crippen LogP contribution in [0.15, 0.2) is 72.9 Å². The maximum absolute atomic E-state index is 12.8. The normalized spacial score (nSPS) is 16.7. The topological polar surface area (TPSA) is 66.0 Å². The van der Waals surface area contributed by atoms with Crippen molar-refractivity contribution in [2.45, 2.75) is 6.04 Å². The average molecular weight is 477 g/mol. The van der Waals surface area contributed by atoms with Crippen molar-refractivity contribution in [1.29, 1.82) is 0 Å². The Morgan fingerprint density at radius 2 is 1.56 bits per heavy atom. The van der Waals surface area contributed by atoms with Gasteiger partial charge in [-0.1, -0.05) is 35.9 Å². The van der Waals surface area contributed by atoms with Gasteiger partial charge in [0.05, 0.1) is 5.56 Å². The number of carbonyl (C=O) groups excluding carboxylic acids is 2. The number of piperazine rings is 1. The fraction of sp³-hybridized carbons (Fsp3) is 0.269. The number of benzene rings is 2. The van der Waals surface area contributed by atoms with E-state index < -0.39 is 0 Å². The standard InChI is InChI=1S/C26H25ClN4O3/c27-21-7-4-8-23(15-21)34-24-10-9-20(16-28-24)26(33)31-17-22(18-31)29-11-13-30(14-12-29)25(32)19-5-2-1-3-6-19/h1-10,15-16,22H,11-14,17-18H2. The second kappa shape index (κ2) is 9.83. The quantitative estimate of drug-likeness (QED) is 0.560. The van der Waals surface area contributed by atoms with Crippen LogP contribution in [0.4, 0.5) is 0 Å². The van der Waals surface area contributed by atoms with Crippen molar-refractivity contribution in [1.82, 2.24) is 19.7 Å². The summed E-state index contributed by atoms with van der Waals surface area (Å²) in [5, 5.41) is 0.584. The monoisotopic (exact) mass is 476 g/mol. The maximum atomic E-state index is 12.8. The number of aromatic nitrogens is 1. The van der Waals surface area contributed by atoms with Crippen molar-refractivity contribution in [3.8, 4) is 11.6 Å². The average Bonchev–Trinajstić information content (AvgIpc) is 2.84. The van der Waals surface area contributed by atoms with E-state index in [4.69, 9.17) is 16.3 Å². The summed E-state index contributed by atoms with van der Waals surface area (Å²) in [7, 11) is 0. The highest BCUT2D eigenvalue weighted by atomic mass is 35.5. The SMILES string of the molecule is O=C(c1ccccc1)N1CCN(C2CN(C(=O)c3ccc(Oc4cccc(Cl)c4)nc3)C2)CC1. The Kier molecular flexibility index (Phi) is 6.47. The lowest BCUT2D eigenvalue weighted by atomic mass is 10.0. The molecule has 2 aromatic carbocycles. The summed E-state index contributed by atoms with van der Waals surface area (Å²) in [6.45, 7) is 4.43. The lowest BCUT2D eigenvalue weighted by Gasteiger charge is -2.48. The van der Waals surface area contributed by atoms with Crippen LogP contribution in [-0.2, 0) is 0 Å². The Balaban J connectivity index is 1.09. The molecule has 1 aromatic heterocycles. The van der Waals surface area contributed by atoms with Gasteiger partial charge in [0.2, 0.25) is 5.88 Å². The zero-order valence-electron chi connectivity index (χ0n) is 18.6. The summed E-state index contributed by atoms with van der Waals surface area (Å²) < 4.78 is 5.69. The number of rotatable bonds is 5. The van der Waals surface area contributed by atoms with Crippen LogP contribution < -0.4 is 4.74 Å². The molecule has 2 aliphatic heterocycles. The van der Waals surface area contributed by atoms with E-state index in [0.717, 1.165) is 18.7 Å². The molecule has 3 aromatic rings. The number of amides is 2. The van der Waals surface area contributed by atoms with E-state index in [9.17, 15) is 9.59 Å². The summed E-state index contributed by atoms with van der Waals surface area (Å²) >= 11 is 5.98. The zero-order chi connectivity index (χ0) is 23.5. The Morgan fingerprint density at radius 1 is 0.824 bits per heavy atom. The van der Waals surface area contributed by atoms with Gasteiger partial charge < -0.3 is 14.5 Å². The molecule has 0 radical (unpaired) electrons. The molecule has 0 unspecified atom stereocenters. The third-order valence-electron chi connectivity index (χ3n) is 6.29. The first-order valence-corrected chi connectivity index (χ1v) is 11.7. The van der Waals surface area contributed by atoms with Crippen molar-refractivity contribution >= 4 is 23.4 Å². The number of ether oxygens (including phenoxy) is 1. The van der Waals surface area contributed by atoms with Crippen molar-refractivity contribution in [3.05, 3.63) is 89.1 Å². The molecule has 0 atom stereocenters. The molecular weight excluding hydrogens is 452 g/mol. The van der Waals surface area contributed by atoms with Gasteiger partial charge in [0, 0.05) is 68.2 Å². The minimum Gasteiger partial charge on any atom is -0.439 e. The molecule has 34 heavy (non-hydrogen) atoms. The molecule has 0 bridgehead atoms. The predicted octanol–water partition coefficient (Wildman–Crippen LogP) is 3.81. The smallest absolute Gasteiger partial charge is 0.255 e. The molecule has 0 spiro atoms. The van der Waals surface area contributed by atoms with Crippen molar-refractivity contribution in [2.75, 3.05) is 39.3 Å². The van der Waals surface area contributed by atoms with E-state index in [1.807, 2.05) is 40.1 Å². The third kappa shape index (κ3) is 4.90. The first kappa shape index (κ1) is 22.4. The van der Waals surface area contributed by atoms with Crippen LogP contribution in [0.5, 0.6) is 11.6 Å². The van der Waals surface area contributed by atoms with E-state index in [0.29, 0.717) is 54.4 Å². The minimum absolute atomic E-state index is 0.0315. The van der Waals surface area contributed by atoms with Gasteiger partial charge >= 0.3 is 0 Å². The third-order valence-corrected chi connectivity index (χ3v) is 6.52. The Hall–Kier alpha value is -3.42. The molecule has 8 heteroatoms. The van der Waals surface area contributed by atoms with Crippen LogP contribution in [0, 0.1) is 0 Å². The highest BCUT2D eigenvalue weighted by Crippen LogP contribution is 2.24. The van der Waals surface area contributed by atoms with E-state index in [1.54, 1.807) is 42.6 Å². The molecule has 0 N–H and O–H groups in total. The molecule has 174 valence electrons. The summed E-state index contributed by atoms with van der Waals surface area (Å²) in [4.78, 5) is 35.8. The van der Waals surface area contributed by atoms with Crippen molar-refractivity contribution in [3.63, 3.8) is 0 Å². The van der Waals surface area contributed by atoms with Gasteiger partial charge in [-0.05, 0) is 36.4 Å². The number of halogens is 1. The van der Waals surface area contributed by atoms with Crippen LogP contribution in [0.25, 0.3) is 0 Å². The van der Waals surface area contributed by atoms with Crippen LogP contribution in [-0.4, -0.2) is 76.8 Å². The van der Waals surface area contributed by atoms with E-state index in [1.165, 1.54) is 0 Å². The molecule has 2 amide bonds. The lowest BCUT2D eigenvalue weighted by molar-refractivity contribution is 0.00851. The van der Waals surface area contributed by atoms with E-state index >= 15 is 0 Å². The molecule has 0 aliphatic carbocycles. The van der Waals surface area contributed by atoms with Gasteiger partial charge in [-0.3, -0.25) is 14.5 Å². The molecule has 2 fully saturated rings. The maximum Gasteiger partial charge on any atom is 0.255 e. The van der Waals surface area contributed by atoms with Gasteiger partial charge in [0.1, 0.15) is 5.75 Å². The first-order valence-electron chi connectivity index (χ1n) is 11.3. The van der Waals surface area contributed by atoms with Gasteiger partial charge in [0.15, 0.2) is 0 Å². The molecule has 5 rings (SSSR count). The Labute approximate surface area is 203 Å². The summed E-state index contributed by atoms with van der Waals surface area (Å²) in [5.74, 6) is 1.05. The number of pyridine rings is 1. The summed E-state index contributed by atoms with van der Waals surface area (Å²) in [6, 6.07) is 20.2. The number of carbonyl (C=O) groups is 2. The van der Waals surface area contributed by atoms with E-state index in [2.05, 4.69) is 9.88 Å². The second-order valence-electron chi connectivity index (χ2n) is 8.50. The van der Waals surface area contributed by atoms with Gasteiger partial charge in [-0.15, -0.1) is 0 Å². The van der Waals surface area contributed by atoms with Gasteiger partial charge in [-0.2, -0.15) is 0 Å². The number of nitrogens with zero attached hydrogens (tertiary/aromatic N) is 4. The molecule has 2 saturated heterocycles. The number of hydrogen-bond donors (Lipinski definition) is 0. The fourth-order valence-corrected chi connectivity index (χ4v) is 4.49. The summed E-state index contributed by atoms with van der Waals surface area (Å²) in [5.41, 5.74) is 1.27. The van der Waals surface area contributed by atoms with Crippen LogP contribution in [0.2, 0.25) is 5.02 Å². The Morgan fingerprint density at radius 3 is 2.24 bits per heavy atom. The molecule has 7 nitrogen and oxygen atoms in total. The van der Waals surface area contributed by atoms with Crippen LogP contribution in [0.1, 0.15) is 20.7 Å². The Bertz CT molecular complexity index is 1160. The van der Waals surface area contributed by atoms with Gasteiger partial charge in [0.25, 0.3) is 11.8 Å². The number of hydrogen-bond acceptors (Lipinski definition) is 5. The fourth-order valence-electron chi connectivity index (χ4n) is 4.31. The highest BCUT2D eigenvalue weighted by Gasteiger charge is 2.37. The van der Waals surface area contributed by atoms with Crippen molar-refractivity contribution < 1.29 is 14.3 Å².